The molecule has 0 saturated heterocycles. The Kier molecular flexibility index (Phi) is 4.55. The van der Waals surface area contributed by atoms with E-state index in [-0.39, 0.29) is 12.1 Å². The SMILES string of the molecule is O=C(O)c1cn(Cc2cccc(-c3cccc4[nH]ccc34)n2)c2c(F)ccc(F)c2c1=O. The molecule has 3 aromatic heterocycles. The normalized spacial score (nSPS) is 11.3. The maximum absolute atomic E-state index is 14.6. The van der Waals surface area contributed by atoms with Crippen LogP contribution in [0, 0.1) is 11.6 Å². The standard InChI is InChI=1S/C24H15F2N3O3/c25-17-7-8-18(26)22-21(17)23(30)16(24(31)32)12-29(22)11-13-3-1-6-20(28-13)14-4-2-5-19-15(14)9-10-27-19/h1-10,12,27H,11H2,(H,31,32). The van der Waals surface area contributed by atoms with Crippen molar-refractivity contribution in [3.8, 4) is 11.3 Å². The zero-order valence-corrected chi connectivity index (χ0v) is 16.5. The molecule has 5 aromatic rings. The molecule has 0 aliphatic carbocycles. The third kappa shape index (κ3) is 3.13. The summed E-state index contributed by atoms with van der Waals surface area (Å²) in [5, 5.41) is 9.78. The van der Waals surface area contributed by atoms with E-state index in [0.29, 0.717) is 11.4 Å². The van der Waals surface area contributed by atoms with Gasteiger partial charge in [0.05, 0.1) is 28.8 Å². The number of hydrogen-bond donors (Lipinski definition) is 2. The van der Waals surface area contributed by atoms with Crippen LogP contribution in [0.3, 0.4) is 0 Å². The van der Waals surface area contributed by atoms with E-state index in [2.05, 4.69) is 9.97 Å². The predicted molar refractivity (Wildman–Crippen MR) is 116 cm³/mol. The lowest BCUT2D eigenvalue weighted by molar-refractivity contribution is 0.0695. The first-order valence-corrected chi connectivity index (χ1v) is 9.71. The van der Waals surface area contributed by atoms with Crippen LogP contribution in [0.2, 0.25) is 0 Å². The Balaban J connectivity index is 1.67. The van der Waals surface area contributed by atoms with Gasteiger partial charge in [0.2, 0.25) is 5.43 Å². The number of rotatable bonds is 4. The maximum Gasteiger partial charge on any atom is 0.341 e. The highest BCUT2D eigenvalue weighted by Crippen LogP contribution is 2.27. The van der Waals surface area contributed by atoms with Gasteiger partial charge in [0.15, 0.2) is 0 Å². The van der Waals surface area contributed by atoms with Crippen LogP contribution in [-0.2, 0) is 6.54 Å². The minimum atomic E-state index is -1.52. The number of H-pyrrole nitrogens is 1. The van der Waals surface area contributed by atoms with Crippen LogP contribution in [-0.4, -0.2) is 25.6 Å². The summed E-state index contributed by atoms with van der Waals surface area (Å²) in [6.45, 7) is -0.0611. The number of aromatic amines is 1. The fourth-order valence-electron chi connectivity index (χ4n) is 3.93. The van der Waals surface area contributed by atoms with Gasteiger partial charge in [-0.3, -0.25) is 9.78 Å². The van der Waals surface area contributed by atoms with Gasteiger partial charge in [-0.2, -0.15) is 0 Å². The number of carboxylic acids is 1. The monoisotopic (exact) mass is 431 g/mol. The minimum Gasteiger partial charge on any atom is -0.477 e. The molecule has 3 heterocycles. The van der Waals surface area contributed by atoms with Gasteiger partial charge in [-0.05, 0) is 36.4 Å². The van der Waals surface area contributed by atoms with Gasteiger partial charge in [-0.15, -0.1) is 0 Å². The molecule has 5 rings (SSSR count). The average molecular weight is 431 g/mol. The molecule has 0 aliphatic rings. The number of halogens is 2. The second kappa shape index (κ2) is 7.42. The maximum atomic E-state index is 14.6. The van der Waals surface area contributed by atoms with E-state index in [1.165, 1.54) is 4.57 Å². The first kappa shape index (κ1) is 19.6. The van der Waals surface area contributed by atoms with Crippen LogP contribution >= 0.6 is 0 Å². The van der Waals surface area contributed by atoms with E-state index in [1.807, 2.05) is 36.5 Å². The second-order valence-corrected chi connectivity index (χ2v) is 7.32. The van der Waals surface area contributed by atoms with Crippen LogP contribution < -0.4 is 5.43 Å². The molecule has 158 valence electrons. The van der Waals surface area contributed by atoms with Crippen molar-refractivity contribution in [3.05, 3.63) is 100 Å². The van der Waals surface area contributed by atoms with E-state index in [0.717, 1.165) is 34.8 Å². The van der Waals surface area contributed by atoms with Crippen LogP contribution in [0.25, 0.3) is 33.1 Å². The molecule has 0 atom stereocenters. The van der Waals surface area contributed by atoms with Crippen LogP contribution in [0.15, 0.2) is 71.8 Å². The van der Waals surface area contributed by atoms with Crippen LogP contribution in [0.4, 0.5) is 8.78 Å². The van der Waals surface area contributed by atoms with Crippen molar-refractivity contribution in [2.75, 3.05) is 0 Å². The number of carbonyl (C=O) groups is 1. The largest absolute Gasteiger partial charge is 0.477 e. The molecule has 0 fully saturated rings. The molecule has 6 nitrogen and oxygen atoms in total. The van der Waals surface area contributed by atoms with Crippen molar-refractivity contribution >= 4 is 27.8 Å². The first-order valence-electron chi connectivity index (χ1n) is 9.71. The van der Waals surface area contributed by atoms with E-state index < -0.39 is 34.0 Å². The number of aromatic carboxylic acids is 1. The Hall–Kier alpha value is -4.33. The molecule has 32 heavy (non-hydrogen) atoms. The summed E-state index contributed by atoms with van der Waals surface area (Å²) in [5.41, 5.74) is 0.975. The molecule has 8 heteroatoms. The summed E-state index contributed by atoms with van der Waals surface area (Å²) in [6.07, 6.45) is 2.85. The van der Waals surface area contributed by atoms with Crippen molar-refractivity contribution in [3.63, 3.8) is 0 Å². The minimum absolute atomic E-state index is 0.0611. The van der Waals surface area contributed by atoms with Crippen molar-refractivity contribution < 1.29 is 18.7 Å². The summed E-state index contributed by atoms with van der Waals surface area (Å²) >= 11 is 0. The third-order valence-electron chi connectivity index (χ3n) is 5.36. The summed E-state index contributed by atoms with van der Waals surface area (Å²) in [5.74, 6) is -3.33. The zero-order valence-electron chi connectivity index (χ0n) is 16.5. The van der Waals surface area contributed by atoms with Crippen molar-refractivity contribution in [1.29, 1.82) is 0 Å². The Morgan fingerprint density at radius 3 is 2.62 bits per heavy atom. The molecule has 2 aromatic carbocycles. The van der Waals surface area contributed by atoms with E-state index in [1.54, 1.807) is 12.1 Å². The van der Waals surface area contributed by atoms with Gasteiger partial charge in [0.25, 0.3) is 0 Å². The second-order valence-electron chi connectivity index (χ2n) is 7.32. The molecule has 0 saturated carbocycles. The lowest BCUT2D eigenvalue weighted by Gasteiger charge is -2.14. The van der Waals surface area contributed by atoms with E-state index in [9.17, 15) is 23.5 Å². The molecular weight excluding hydrogens is 416 g/mol. The highest BCUT2D eigenvalue weighted by Gasteiger charge is 2.20. The number of fused-ring (bicyclic) bond motifs is 2. The Bertz CT molecular complexity index is 1590. The third-order valence-corrected chi connectivity index (χ3v) is 5.36. The summed E-state index contributed by atoms with van der Waals surface area (Å²) < 4.78 is 30.2. The Labute approximate surface area is 179 Å². The lowest BCUT2D eigenvalue weighted by Crippen LogP contribution is -2.21. The zero-order chi connectivity index (χ0) is 22.4. The highest BCUT2D eigenvalue weighted by atomic mass is 19.1. The van der Waals surface area contributed by atoms with Crippen molar-refractivity contribution in [1.82, 2.24) is 14.5 Å². The molecule has 0 unspecified atom stereocenters. The van der Waals surface area contributed by atoms with Crippen molar-refractivity contribution in [2.45, 2.75) is 6.54 Å². The molecule has 0 aliphatic heterocycles. The van der Waals surface area contributed by atoms with Gasteiger partial charge in [-0.25, -0.2) is 13.6 Å². The predicted octanol–water partition coefficient (Wildman–Crippen LogP) is 4.57. The van der Waals surface area contributed by atoms with Crippen molar-refractivity contribution in [2.24, 2.45) is 0 Å². The number of nitrogens with zero attached hydrogens (tertiary/aromatic N) is 2. The topological polar surface area (TPSA) is 88.0 Å². The van der Waals surface area contributed by atoms with Gasteiger partial charge < -0.3 is 14.7 Å². The quantitative estimate of drug-likeness (QED) is 0.436. The van der Waals surface area contributed by atoms with E-state index >= 15 is 0 Å². The average Bonchev–Trinajstić information content (AvgIpc) is 3.26. The van der Waals surface area contributed by atoms with Gasteiger partial charge in [0, 0.05) is 28.9 Å². The molecule has 0 bridgehead atoms. The Morgan fingerprint density at radius 2 is 1.81 bits per heavy atom. The number of benzene rings is 2. The smallest absolute Gasteiger partial charge is 0.341 e. The number of carboxylic acid groups (broad SMARTS) is 1. The number of hydrogen-bond acceptors (Lipinski definition) is 3. The van der Waals surface area contributed by atoms with Gasteiger partial charge >= 0.3 is 5.97 Å². The number of nitrogens with one attached hydrogen (secondary N) is 1. The summed E-state index contributed by atoms with van der Waals surface area (Å²) in [6, 6.07) is 14.7. The summed E-state index contributed by atoms with van der Waals surface area (Å²) in [7, 11) is 0. The van der Waals surface area contributed by atoms with E-state index in [4.69, 9.17) is 0 Å². The van der Waals surface area contributed by atoms with Crippen LogP contribution in [0.1, 0.15) is 16.1 Å². The summed E-state index contributed by atoms with van der Waals surface area (Å²) in [4.78, 5) is 31.8. The molecular formula is C24H15F2N3O3. The fourth-order valence-corrected chi connectivity index (χ4v) is 3.93. The molecule has 0 radical (unpaired) electrons. The molecule has 0 amide bonds. The highest BCUT2D eigenvalue weighted by molar-refractivity contribution is 5.94. The fraction of sp³-hybridized carbons (Fsp3) is 0.0417. The number of aromatic nitrogens is 3. The molecule has 0 spiro atoms. The van der Waals surface area contributed by atoms with Gasteiger partial charge in [-0.1, -0.05) is 18.2 Å². The number of pyridine rings is 2. The van der Waals surface area contributed by atoms with Gasteiger partial charge in [0.1, 0.15) is 17.2 Å². The first-order chi connectivity index (χ1) is 15.4. The molecule has 2 N–H and O–H groups in total. The lowest BCUT2D eigenvalue weighted by atomic mass is 10.1. The Morgan fingerprint density at radius 1 is 1.03 bits per heavy atom. The van der Waals surface area contributed by atoms with Crippen LogP contribution in [0.5, 0.6) is 0 Å².